The lowest BCUT2D eigenvalue weighted by molar-refractivity contribution is -0.148. The molecule has 2 aliphatic heterocycles. The Labute approximate surface area is 245 Å². The van der Waals surface area contributed by atoms with Crippen LogP contribution in [0.5, 0.6) is 0 Å². The predicted octanol–water partition coefficient (Wildman–Crippen LogP) is 1.84. The van der Waals surface area contributed by atoms with E-state index in [4.69, 9.17) is 9.47 Å². The Morgan fingerprint density at radius 3 is 1.48 bits per heavy atom. The van der Waals surface area contributed by atoms with Gasteiger partial charge in [0.2, 0.25) is 11.8 Å². The Morgan fingerprint density at radius 2 is 1.07 bits per heavy atom. The smallest absolute Gasteiger partial charge is 0.321 e. The summed E-state index contributed by atoms with van der Waals surface area (Å²) in [5.74, 6) is -2.11. The first-order valence-electron chi connectivity index (χ1n) is 14.4. The minimum absolute atomic E-state index is 0.158. The molecule has 2 fully saturated rings. The maximum absolute atomic E-state index is 13.7. The quantitative estimate of drug-likeness (QED) is 0.290. The van der Waals surface area contributed by atoms with Crippen molar-refractivity contribution in [3.63, 3.8) is 0 Å². The van der Waals surface area contributed by atoms with Crippen molar-refractivity contribution in [2.45, 2.75) is 50.6 Å². The molecule has 0 spiro atoms. The van der Waals surface area contributed by atoms with Gasteiger partial charge in [-0.3, -0.25) is 19.2 Å². The number of benzene rings is 2. The first kappa shape index (κ1) is 30.5. The highest BCUT2D eigenvalue weighted by Gasteiger charge is 2.42. The van der Waals surface area contributed by atoms with Crippen molar-refractivity contribution in [1.82, 2.24) is 20.4 Å². The average molecular weight is 579 g/mol. The van der Waals surface area contributed by atoms with Crippen LogP contribution in [0.25, 0.3) is 0 Å². The van der Waals surface area contributed by atoms with Gasteiger partial charge in [-0.25, -0.2) is 4.79 Å². The number of hydrogen-bond donors (Lipinski definition) is 2. The molecule has 0 radical (unpaired) electrons. The van der Waals surface area contributed by atoms with Crippen LogP contribution in [0.1, 0.15) is 36.8 Å². The molecule has 4 amide bonds. The number of hydrogen-bond acceptors (Lipinski definition) is 7. The molecule has 224 valence electrons. The molecular weight excluding hydrogens is 540 g/mol. The van der Waals surface area contributed by atoms with E-state index in [2.05, 4.69) is 10.6 Å². The van der Waals surface area contributed by atoms with Crippen LogP contribution in [0.3, 0.4) is 0 Å². The molecule has 2 saturated heterocycles. The molecule has 2 atom stereocenters. The van der Waals surface area contributed by atoms with Crippen molar-refractivity contribution in [3.8, 4) is 0 Å². The lowest BCUT2D eigenvalue weighted by atomic mass is 10.1. The molecule has 2 aromatic rings. The summed E-state index contributed by atoms with van der Waals surface area (Å²) in [6, 6.07) is 16.9. The first-order chi connectivity index (χ1) is 20.4. The topological polar surface area (TPSA) is 134 Å². The van der Waals surface area contributed by atoms with E-state index in [1.807, 2.05) is 60.7 Å². The molecule has 2 heterocycles. The summed E-state index contributed by atoms with van der Waals surface area (Å²) in [6.45, 7) is 1.12. The number of urea groups is 1. The van der Waals surface area contributed by atoms with Crippen LogP contribution in [0, 0.1) is 0 Å². The monoisotopic (exact) mass is 578 g/mol. The predicted molar refractivity (Wildman–Crippen MR) is 153 cm³/mol. The minimum Gasteiger partial charge on any atom is -0.466 e. The zero-order chi connectivity index (χ0) is 29.7. The Morgan fingerprint density at radius 1 is 0.667 bits per heavy atom. The van der Waals surface area contributed by atoms with Gasteiger partial charge in [0.15, 0.2) is 0 Å². The standard InChI is InChI=1S/C31H38N4O7/c36-27(41-19-7-13-23-9-3-1-4-10-23)21-25-29(38)32-15-17-34(25)31(40)35-18-16-33-30(39)26(35)22-28(37)42-20-8-14-24-11-5-2-6-12-24/h1-6,9-12,25-26H,7-8,13-22H2,(H,32,38)(H,33,39). The third-order valence-corrected chi connectivity index (χ3v) is 7.30. The van der Waals surface area contributed by atoms with E-state index in [0.29, 0.717) is 12.8 Å². The van der Waals surface area contributed by atoms with Gasteiger partial charge in [-0.15, -0.1) is 0 Å². The molecule has 0 saturated carbocycles. The highest BCUT2D eigenvalue weighted by molar-refractivity contribution is 5.95. The number of piperazine rings is 2. The van der Waals surface area contributed by atoms with E-state index < -0.39 is 41.9 Å². The molecule has 4 rings (SSSR count). The number of aryl methyl sites for hydroxylation is 2. The van der Waals surface area contributed by atoms with Crippen molar-refractivity contribution in [1.29, 1.82) is 0 Å². The van der Waals surface area contributed by atoms with Crippen molar-refractivity contribution < 1.29 is 33.4 Å². The summed E-state index contributed by atoms with van der Waals surface area (Å²) in [5.41, 5.74) is 2.27. The fourth-order valence-electron chi connectivity index (χ4n) is 5.11. The van der Waals surface area contributed by atoms with Crippen LogP contribution < -0.4 is 10.6 Å². The van der Waals surface area contributed by atoms with E-state index in [1.165, 1.54) is 9.80 Å². The van der Waals surface area contributed by atoms with Gasteiger partial charge in [0, 0.05) is 26.2 Å². The van der Waals surface area contributed by atoms with E-state index in [-0.39, 0.29) is 52.2 Å². The van der Waals surface area contributed by atoms with E-state index in [0.717, 1.165) is 24.0 Å². The largest absolute Gasteiger partial charge is 0.466 e. The van der Waals surface area contributed by atoms with Crippen LogP contribution >= 0.6 is 0 Å². The number of nitrogens with zero attached hydrogens (tertiary/aromatic N) is 2. The summed E-state index contributed by atoms with van der Waals surface area (Å²) in [7, 11) is 0. The number of esters is 2. The zero-order valence-corrected chi connectivity index (χ0v) is 23.7. The summed E-state index contributed by atoms with van der Waals surface area (Å²) >= 11 is 0. The Balaban J connectivity index is 1.29. The molecule has 0 aliphatic carbocycles. The Kier molecular flexibility index (Phi) is 11.3. The molecule has 11 heteroatoms. The number of nitrogens with one attached hydrogen (secondary N) is 2. The van der Waals surface area contributed by atoms with Crippen LogP contribution in [0.2, 0.25) is 0 Å². The summed E-state index contributed by atoms with van der Waals surface area (Å²) in [5, 5.41) is 5.39. The second-order valence-corrected chi connectivity index (χ2v) is 10.3. The van der Waals surface area contributed by atoms with E-state index >= 15 is 0 Å². The fourth-order valence-corrected chi connectivity index (χ4v) is 5.11. The third kappa shape index (κ3) is 8.79. The number of carbonyl (C=O) groups is 5. The number of rotatable bonds is 12. The molecule has 0 aromatic heterocycles. The van der Waals surface area contributed by atoms with Gasteiger partial charge in [0.25, 0.3) is 0 Å². The van der Waals surface area contributed by atoms with Crippen molar-refractivity contribution >= 4 is 29.8 Å². The van der Waals surface area contributed by atoms with Crippen LogP contribution in [0.4, 0.5) is 4.79 Å². The SMILES string of the molecule is O=C(CC1C(=O)NCCN1C(=O)N1CCNC(=O)C1CC(=O)OCCCc1ccccc1)OCCCc1ccccc1. The van der Waals surface area contributed by atoms with Gasteiger partial charge < -0.3 is 29.9 Å². The first-order valence-corrected chi connectivity index (χ1v) is 14.4. The number of ether oxygens (including phenoxy) is 2. The van der Waals surface area contributed by atoms with Crippen molar-refractivity contribution in [3.05, 3.63) is 71.8 Å². The maximum Gasteiger partial charge on any atom is 0.321 e. The second-order valence-electron chi connectivity index (χ2n) is 10.3. The van der Waals surface area contributed by atoms with E-state index in [1.54, 1.807) is 0 Å². The summed E-state index contributed by atoms with van der Waals surface area (Å²) in [6.07, 6.45) is 2.13. The lowest BCUT2D eigenvalue weighted by Gasteiger charge is -2.41. The molecule has 2 aromatic carbocycles. The lowest BCUT2D eigenvalue weighted by Crippen LogP contribution is -2.65. The second kappa shape index (κ2) is 15.6. The van der Waals surface area contributed by atoms with Crippen LogP contribution in [-0.2, 0) is 41.5 Å². The number of amides is 4. The van der Waals surface area contributed by atoms with Gasteiger partial charge in [-0.2, -0.15) is 0 Å². The molecular formula is C31H38N4O7. The van der Waals surface area contributed by atoms with E-state index in [9.17, 15) is 24.0 Å². The van der Waals surface area contributed by atoms with Gasteiger partial charge in [-0.05, 0) is 36.8 Å². The van der Waals surface area contributed by atoms with Crippen molar-refractivity contribution in [2.24, 2.45) is 0 Å². The highest BCUT2D eigenvalue weighted by Crippen LogP contribution is 2.18. The minimum atomic E-state index is -1.08. The Hall–Kier alpha value is -4.41. The van der Waals surface area contributed by atoms with Gasteiger partial charge in [-0.1, -0.05) is 60.7 Å². The van der Waals surface area contributed by atoms with Gasteiger partial charge in [0.05, 0.1) is 26.1 Å². The molecule has 0 bridgehead atoms. The maximum atomic E-state index is 13.7. The van der Waals surface area contributed by atoms with Crippen LogP contribution in [-0.4, -0.2) is 91.1 Å². The normalized spacial score (nSPS) is 18.6. The Bertz CT molecular complexity index is 1130. The van der Waals surface area contributed by atoms with Gasteiger partial charge in [0.1, 0.15) is 12.1 Å². The third-order valence-electron chi connectivity index (χ3n) is 7.30. The highest BCUT2D eigenvalue weighted by atomic mass is 16.5. The molecule has 2 unspecified atom stereocenters. The zero-order valence-electron chi connectivity index (χ0n) is 23.7. The summed E-state index contributed by atoms with van der Waals surface area (Å²) in [4.78, 5) is 66.9. The molecule has 11 nitrogen and oxygen atoms in total. The van der Waals surface area contributed by atoms with Gasteiger partial charge >= 0.3 is 18.0 Å². The molecule has 2 aliphatic rings. The van der Waals surface area contributed by atoms with Crippen LogP contribution in [0.15, 0.2) is 60.7 Å². The fraction of sp³-hybridized carbons (Fsp3) is 0.452. The molecule has 2 N–H and O–H groups in total. The average Bonchev–Trinajstić information content (AvgIpc) is 3.00. The molecule has 42 heavy (non-hydrogen) atoms. The summed E-state index contributed by atoms with van der Waals surface area (Å²) < 4.78 is 10.7. The number of carbonyl (C=O) groups excluding carboxylic acids is 5. The van der Waals surface area contributed by atoms with Crippen molar-refractivity contribution in [2.75, 3.05) is 39.4 Å².